The van der Waals surface area contributed by atoms with Crippen LogP contribution < -0.4 is 9.62 Å². The van der Waals surface area contributed by atoms with E-state index < -0.39 is 28.5 Å². The second-order valence-electron chi connectivity index (χ2n) is 10.9. The van der Waals surface area contributed by atoms with Crippen molar-refractivity contribution in [3.63, 3.8) is 0 Å². The van der Waals surface area contributed by atoms with Crippen LogP contribution in [0.2, 0.25) is 0 Å². The van der Waals surface area contributed by atoms with Gasteiger partial charge in [0.05, 0.1) is 10.6 Å². The highest BCUT2D eigenvalue weighted by atomic mass is 32.2. The minimum Gasteiger partial charge on any atom is -0.352 e. The Morgan fingerprint density at radius 1 is 0.854 bits per heavy atom. The fourth-order valence-electron chi connectivity index (χ4n) is 4.43. The first-order valence-corrected chi connectivity index (χ1v) is 15.7. The van der Waals surface area contributed by atoms with E-state index in [0.717, 1.165) is 27.4 Å². The van der Waals surface area contributed by atoms with Gasteiger partial charge < -0.3 is 10.2 Å². The normalized spacial score (nSPS) is 13.0. The predicted molar refractivity (Wildman–Crippen MR) is 165 cm³/mol. The van der Waals surface area contributed by atoms with E-state index in [1.165, 1.54) is 4.90 Å². The summed E-state index contributed by atoms with van der Waals surface area (Å²) in [6.07, 6.45) is 1.28. The molecule has 3 aromatic carbocycles. The first-order valence-electron chi connectivity index (χ1n) is 14.3. The number of sulfonamides is 1. The molecule has 1 N–H and O–H groups in total. The monoisotopic (exact) mass is 577 g/mol. The Bertz CT molecular complexity index is 1390. The molecule has 0 heterocycles. The minimum absolute atomic E-state index is 0.0473. The highest BCUT2D eigenvalue weighted by molar-refractivity contribution is 7.92. The van der Waals surface area contributed by atoms with Crippen molar-refractivity contribution in [1.29, 1.82) is 0 Å². The van der Waals surface area contributed by atoms with Gasteiger partial charge in [-0.05, 0) is 74.9 Å². The fraction of sp³-hybridized carbons (Fsp3) is 0.394. The van der Waals surface area contributed by atoms with Crippen LogP contribution in [0.4, 0.5) is 5.69 Å². The van der Waals surface area contributed by atoms with Crippen molar-refractivity contribution >= 4 is 27.5 Å². The summed E-state index contributed by atoms with van der Waals surface area (Å²) in [7, 11) is -4.08. The summed E-state index contributed by atoms with van der Waals surface area (Å²) in [6.45, 7) is 11.4. The lowest BCUT2D eigenvalue weighted by Gasteiger charge is -2.32. The Hall–Kier alpha value is -3.65. The summed E-state index contributed by atoms with van der Waals surface area (Å²) in [5, 5.41) is 2.96. The van der Waals surface area contributed by atoms with Gasteiger partial charge >= 0.3 is 0 Å². The zero-order chi connectivity index (χ0) is 30.2. The van der Waals surface area contributed by atoms with Crippen molar-refractivity contribution in [1.82, 2.24) is 10.2 Å². The Kier molecular flexibility index (Phi) is 11.1. The molecule has 0 aliphatic carbocycles. The lowest BCUT2D eigenvalue weighted by molar-refractivity contribution is -0.139. The van der Waals surface area contributed by atoms with Gasteiger partial charge in [-0.3, -0.25) is 13.9 Å². The van der Waals surface area contributed by atoms with Crippen LogP contribution in [0.3, 0.4) is 0 Å². The van der Waals surface area contributed by atoms with Crippen molar-refractivity contribution in [2.45, 2.75) is 77.3 Å². The average Bonchev–Trinajstić information content (AvgIpc) is 2.96. The topological polar surface area (TPSA) is 86.8 Å². The van der Waals surface area contributed by atoms with E-state index in [1.54, 1.807) is 43.3 Å². The molecule has 2 atom stereocenters. The van der Waals surface area contributed by atoms with E-state index in [-0.39, 0.29) is 29.3 Å². The molecular weight excluding hydrogens is 534 g/mol. The number of amides is 2. The van der Waals surface area contributed by atoms with Gasteiger partial charge in [-0.25, -0.2) is 8.42 Å². The van der Waals surface area contributed by atoms with Gasteiger partial charge in [-0.2, -0.15) is 0 Å². The van der Waals surface area contributed by atoms with E-state index in [1.807, 2.05) is 63.2 Å². The maximum absolute atomic E-state index is 14.0. The lowest BCUT2D eigenvalue weighted by Crippen LogP contribution is -2.53. The number of hydrogen-bond acceptors (Lipinski definition) is 4. The van der Waals surface area contributed by atoms with Crippen molar-refractivity contribution in [3.8, 4) is 0 Å². The third-order valence-corrected chi connectivity index (χ3v) is 9.18. The molecule has 0 aromatic heterocycles. The van der Waals surface area contributed by atoms with Crippen LogP contribution in [-0.2, 0) is 26.0 Å². The molecular formula is C33H43N3O4S. The number of nitrogens with one attached hydrogen (secondary N) is 1. The lowest BCUT2D eigenvalue weighted by atomic mass is 10.0. The number of benzene rings is 3. The first kappa shape index (κ1) is 31.9. The van der Waals surface area contributed by atoms with Crippen LogP contribution in [-0.4, -0.2) is 50.3 Å². The van der Waals surface area contributed by atoms with Gasteiger partial charge in [0.1, 0.15) is 12.6 Å². The molecule has 0 aliphatic rings. The van der Waals surface area contributed by atoms with Crippen LogP contribution in [0, 0.1) is 6.92 Å². The number of carbonyl (C=O) groups is 2. The Morgan fingerprint density at radius 3 is 2.02 bits per heavy atom. The van der Waals surface area contributed by atoms with Crippen LogP contribution in [0.1, 0.15) is 63.6 Å². The molecule has 0 aliphatic heterocycles. The molecule has 0 spiro atoms. The molecule has 3 aromatic rings. The molecule has 220 valence electrons. The number of carbonyl (C=O) groups excluding carboxylic acids is 2. The fourth-order valence-corrected chi connectivity index (χ4v) is 5.84. The quantitative estimate of drug-likeness (QED) is 0.283. The van der Waals surface area contributed by atoms with E-state index >= 15 is 0 Å². The van der Waals surface area contributed by atoms with Gasteiger partial charge in [0, 0.05) is 12.6 Å². The van der Waals surface area contributed by atoms with Crippen LogP contribution >= 0.6 is 0 Å². The highest BCUT2D eigenvalue weighted by Crippen LogP contribution is 2.26. The summed E-state index contributed by atoms with van der Waals surface area (Å²) < 4.78 is 29.1. The van der Waals surface area contributed by atoms with Crippen molar-refractivity contribution in [2.24, 2.45) is 0 Å². The molecule has 2 amide bonds. The van der Waals surface area contributed by atoms with Crippen LogP contribution in [0.15, 0.2) is 83.8 Å². The van der Waals surface area contributed by atoms with Crippen LogP contribution in [0.5, 0.6) is 0 Å². The number of nitrogens with zero attached hydrogens (tertiary/aromatic N) is 2. The molecule has 0 fully saturated rings. The number of rotatable bonds is 13. The summed E-state index contributed by atoms with van der Waals surface area (Å²) in [5.74, 6) is -0.447. The number of anilines is 1. The molecule has 0 radical (unpaired) electrons. The largest absolute Gasteiger partial charge is 0.352 e. The third kappa shape index (κ3) is 8.43. The molecule has 0 saturated carbocycles. The van der Waals surface area contributed by atoms with E-state index in [2.05, 4.69) is 19.2 Å². The SMILES string of the molecule is CC[C@@H](C)NC(=O)[C@H](C)N(CCc1ccccc1)C(=O)CN(c1ccc(C(C)C)cc1)S(=O)(=O)c1ccc(C)cc1. The summed E-state index contributed by atoms with van der Waals surface area (Å²) in [5.41, 5.74) is 3.41. The van der Waals surface area contributed by atoms with E-state index in [0.29, 0.717) is 12.1 Å². The van der Waals surface area contributed by atoms with E-state index in [4.69, 9.17) is 0 Å². The molecule has 41 heavy (non-hydrogen) atoms. The zero-order valence-electron chi connectivity index (χ0n) is 25.0. The summed E-state index contributed by atoms with van der Waals surface area (Å²) >= 11 is 0. The van der Waals surface area contributed by atoms with Crippen molar-refractivity contribution < 1.29 is 18.0 Å². The van der Waals surface area contributed by atoms with Crippen LogP contribution in [0.25, 0.3) is 0 Å². The molecule has 0 unspecified atom stereocenters. The van der Waals surface area contributed by atoms with Gasteiger partial charge in [-0.1, -0.05) is 80.9 Å². The maximum atomic E-state index is 14.0. The average molecular weight is 578 g/mol. The molecule has 7 nitrogen and oxygen atoms in total. The Balaban J connectivity index is 1.99. The molecule has 0 saturated heterocycles. The Labute approximate surface area is 245 Å². The van der Waals surface area contributed by atoms with E-state index in [9.17, 15) is 18.0 Å². The van der Waals surface area contributed by atoms with Gasteiger partial charge in [0.2, 0.25) is 11.8 Å². The second-order valence-corrected chi connectivity index (χ2v) is 12.7. The highest BCUT2D eigenvalue weighted by Gasteiger charge is 2.32. The maximum Gasteiger partial charge on any atom is 0.264 e. The van der Waals surface area contributed by atoms with Crippen molar-refractivity contribution in [2.75, 3.05) is 17.4 Å². The Morgan fingerprint density at radius 2 is 1.46 bits per heavy atom. The number of hydrogen-bond donors (Lipinski definition) is 1. The van der Waals surface area contributed by atoms with Gasteiger partial charge in [-0.15, -0.1) is 0 Å². The molecule has 3 rings (SSSR count). The van der Waals surface area contributed by atoms with Gasteiger partial charge in [0.15, 0.2) is 0 Å². The summed E-state index contributed by atoms with van der Waals surface area (Å²) in [6, 6.07) is 22.7. The number of aryl methyl sites for hydroxylation is 1. The van der Waals surface area contributed by atoms with Gasteiger partial charge in [0.25, 0.3) is 10.0 Å². The predicted octanol–water partition coefficient (Wildman–Crippen LogP) is 5.69. The molecule has 8 heteroatoms. The minimum atomic E-state index is -4.08. The smallest absolute Gasteiger partial charge is 0.264 e. The zero-order valence-corrected chi connectivity index (χ0v) is 25.8. The summed E-state index contributed by atoms with van der Waals surface area (Å²) in [4.78, 5) is 28.7. The second kappa shape index (κ2) is 14.3. The van der Waals surface area contributed by atoms with Crippen molar-refractivity contribution in [3.05, 3.63) is 95.6 Å². The third-order valence-electron chi connectivity index (χ3n) is 7.39. The first-order chi connectivity index (χ1) is 19.4. The molecule has 0 bridgehead atoms. The standard InChI is InChI=1S/C33H43N3O4S/c1-7-26(5)34-33(38)27(6)35(22-21-28-11-9-8-10-12-28)32(37)23-36(30-17-15-29(16-18-30)24(2)3)41(39,40)31-19-13-25(4)14-20-31/h8-20,24,26-27H,7,21-23H2,1-6H3,(H,34,38)/t26-,27+/m1/s1.